The Morgan fingerprint density at radius 2 is 1.94 bits per heavy atom. The number of hydrogen-bond donors (Lipinski definition) is 1. The van der Waals surface area contributed by atoms with Crippen molar-refractivity contribution in [2.24, 2.45) is 0 Å². The van der Waals surface area contributed by atoms with E-state index < -0.39 is 0 Å². The van der Waals surface area contributed by atoms with Crippen LogP contribution in [0.2, 0.25) is 0 Å². The van der Waals surface area contributed by atoms with Gasteiger partial charge in [-0.2, -0.15) is 0 Å². The maximum atomic E-state index is 13.4. The standard InChI is InChI=1S/C26H38N6O2S/c1-4-8-20-17-27-26(35-20)29-23-11-7-9-21(28-23)19-12-15-31(16-13-19)25(34)22-10-5-6-14-32(22)24(33)18-30(2)3/h7,9,11,17,19,22H,4-6,8,10,12-16,18H2,1-3H3,(H,27,28,29)/t22-/m1/s1. The SMILES string of the molecule is CCCc1cnc(Nc2cccc(C3CCN(C(=O)[C@H]4CCCCN4C(=O)CN(C)C)CC3)n2)s1. The third-order valence-corrected chi connectivity index (χ3v) is 7.81. The van der Waals surface area contributed by atoms with Crippen LogP contribution < -0.4 is 5.32 Å². The number of amides is 2. The molecule has 0 unspecified atom stereocenters. The van der Waals surface area contributed by atoms with Gasteiger partial charge >= 0.3 is 0 Å². The molecule has 0 spiro atoms. The van der Waals surface area contributed by atoms with Crippen LogP contribution in [0.15, 0.2) is 24.4 Å². The van der Waals surface area contributed by atoms with Crippen LogP contribution in [-0.4, -0.2) is 82.8 Å². The van der Waals surface area contributed by atoms with Gasteiger partial charge in [0, 0.05) is 42.3 Å². The first kappa shape index (κ1) is 25.6. The fraction of sp³-hybridized carbons (Fsp3) is 0.615. The Hall–Kier alpha value is -2.52. The number of anilines is 2. The van der Waals surface area contributed by atoms with Gasteiger partial charge in [0.2, 0.25) is 11.8 Å². The minimum Gasteiger partial charge on any atom is -0.341 e. The Morgan fingerprint density at radius 3 is 2.69 bits per heavy atom. The van der Waals surface area contributed by atoms with E-state index in [2.05, 4.69) is 23.3 Å². The summed E-state index contributed by atoms with van der Waals surface area (Å²) in [6.07, 6.45) is 8.62. The van der Waals surface area contributed by atoms with E-state index in [1.165, 1.54) is 4.88 Å². The van der Waals surface area contributed by atoms with Crippen LogP contribution >= 0.6 is 11.3 Å². The summed E-state index contributed by atoms with van der Waals surface area (Å²) in [6, 6.07) is 5.79. The molecule has 2 saturated heterocycles. The largest absolute Gasteiger partial charge is 0.341 e. The van der Waals surface area contributed by atoms with Crippen LogP contribution in [-0.2, 0) is 16.0 Å². The summed E-state index contributed by atoms with van der Waals surface area (Å²) >= 11 is 1.68. The second-order valence-electron chi connectivity index (χ2n) is 9.89. The number of nitrogens with one attached hydrogen (secondary N) is 1. The molecule has 1 atom stereocenters. The molecule has 4 heterocycles. The lowest BCUT2D eigenvalue weighted by Gasteiger charge is -2.40. The fourth-order valence-corrected chi connectivity index (χ4v) is 5.96. The molecule has 0 radical (unpaired) electrons. The van der Waals surface area contributed by atoms with E-state index in [9.17, 15) is 9.59 Å². The van der Waals surface area contributed by atoms with Crippen LogP contribution in [0.3, 0.4) is 0 Å². The van der Waals surface area contributed by atoms with Crippen molar-refractivity contribution in [3.63, 3.8) is 0 Å². The predicted octanol–water partition coefficient (Wildman–Crippen LogP) is 3.88. The molecule has 2 amide bonds. The lowest BCUT2D eigenvalue weighted by atomic mass is 9.92. The highest BCUT2D eigenvalue weighted by molar-refractivity contribution is 7.15. The average molecular weight is 499 g/mol. The zero-order chi connectivity index (χ0) is 24.8. The number of aryl methyl sites for hydroxylation is 1. The summed E-state index contributed by atoms with van der Waals surface area (Å²) in [5, 5.41) is 4.23. The molecule has 0 aliphatic carbocycles. The quantitative estimate of drug-likeness (QED) is 0.595. The van der Waals surface area contributed by atoms with Gasteiger partial charge in [0.15, 0.2) is 5.13 Å². The Morgan fingerprint density at radius 1 is 1.14 bits per heavy atom. The monoisotopic (exact) mass is 498 g/mol. The van der Waals surface area contributed by atoms with E-state index in [0.717, 1.165) is 61.6 Å². The van der Waals surface area contributed by atoms with Gasteiger partial charge in [-0.25, -0.2) is 9.97 Å². The third kappa shape index (κ3) is 6.58. The van der Waals surface area contributed by atoms with Crippen LogP contribution in [0.5, 0.6) is 0 Å². The Bertz CT molecular complexity index is 1000. The van der Waals surface area contributed by atoms with Crippen molar-refractivity contribution in [3.05, 3.63) is 35.0 Å². The van der Waals surface area contributed by atoms with E-state index in [0.29, 0.717) is 32.1 Å². The smallest absolute Gasteiger partial charge is 0.245 e. The van der Waals surface area contributed by atoms with Crippen molar-refractivity contribution in [1.29, 1.82) is 0 Å². The third-order valence-electron chi connectivity index (χ3n) is 6.84. The summed E-state index contributed by atoms with van der Waals surface area (Å²) in [5.41, 5.74) is 1.06. The molecule has 190 valence electrons. The Kier molecular flexibility index (Phi) is 8.73. The van der Waals surface area contributed by atoms with Crippen molar-refractivity contribution >= 4 is 34.1 Å². The molecular weight excluding hydrogens is 460 g/mol. The van der Waals surface area contributed by atoms with Gasteiger partial charge in [0.05, 0.1) is 6.54 Å². The van der Waals surface area contributed by atoms with Crippen LogP contribution in [0.25, 0.3) is 0 Å². The first-order valence-electron chi connectivity index (χ1n) is 12.9. The molecule has 2 aromatic heterocycles. The maximum absolute atomic E-state index is 13.4. The number of likely N-dealkylation sites (tertiary alicyclic amines) is 2. The zero-order valence-electron chi connectivity index (χ0n) is 21.2. The molecule has 8 nitrogen and oxygen atoms in total. The first-order valence-corrected chi connectivity index (χ1v) is 13.7. The second-order valence-corrected chi connectivity index (χ2v) is 11.0. The minimum absolute atomic E-state index is 0.0542. The molecule has 0 aromatic carbocycles. The van der Waals surface area contributed by atoms with Gasteiger partial charge in [0.25, 0.3) is 0 Å². The molecule has 9 heteroatoms. The summed E-state index contributed by atoms with van der Waals surface area (Å²) in [7, 11) is 3.78. The molecule has 2 fully saturated rings. The number of nitrogens with zero attached hydrogens (tertiary/aromatic N) is 5. The molecule has 35 heavy (non-hydrogen) atoms. The molecule has 2 aromatic rings. The van der Waals surface area contributed by atoms with Gasteiger partial charge < -0.3 is 20.0 Å². The van der Waals surface area contributed by atoms with Crippen LogP contribution in [0.4, 0.5) is 10.9 Å². The number of rotatable bonds is 8. The highest BCUT2D eigenvalue weighted by atomic mass is 32.1. The summed E-state index contributed by atoms with van der Waals surface area (Å²) < 4.78 is 0. The van der Waals surface area contributed by atoms with E-state index in [1.807, 2.05) is 47.1 Å². The molecule has 4 rings (SSSR count). The molecule has 2 aliphatic heterocycles. The maximum Gasteiger partial charge on any atom is 0.245 e. The number of hydrogen-bond acceptors (Lipinski definition) is 7. The van der Waals surface area contributed by atoms with Gasteiger partial charge in [-0.3, -0.25) is 9.59 Å². The van der Waals surface area contributed by atoms with E-state index in [-0.39, 0.29) is 17.9 Å². The van der Waals surface area contributed by atoms with Crippen LogP contribution in [0.1, 0.15) is 61.9 Å². The molecular formula is C26H38N6O2S. The molecule has 0 bridgehead atoms. The number of thiazole rings is 1. The van der Waals surface area contributed by atoms with Crippen molar-refractivity contribution in [2.45, 2.75) is 63.8 Å². The number of piperidine rings is 2. The molecule has 2 aliphatic rings. The highest BCUT2D eigenvalue weighted by Gasteiger charge is 2.36. The lowest BCUT2D eigenvalue weighted by molar-refractivity contribution is -0.148. The summed E-state index contributed by atoms with van der Waals surface area (Å²) in [6.45, 7) is 4.63. The number of likely N-dealkylation sites (N-methyl/N-ethyl adjacent to an activating group) is 1. The van der Waals surface area contributed by atoms with Gasteiger partial charge in [-0.1, -0.05) is 19.4 Å². The Labute approximate surface area is 212 Å². The first-order chi connectivity index (χ1) is 16.9. The molecule has 1 N–H and O–H groups in total. The normalized spacial score (nSPS) is 19.3. The van der Waals surface area contributed by atoms with E-state index in [1.54, 1.807) is 11.3 Å². The zero-order valence-corrected chi connectivity index (χ0v) is 22.0. The topological polar surface area (TPSA) is 81.7 Å². The lowest BCUT2D eigenvalue weighted by Crippen LogP contribution is -2.55. The number of carbonyl (C=O) groups excluding carboxylic acids is 2. The van der Waals surface area contributed by atoms with Gasteiger partial charge in [0.1, 0.15) is 11.9 Å². The van der Waals surface area contributed by atoms with Crippen LogP contribution in [0, 0.1) is 0 Å². The van der Waals surface area contributed by atoms with E-state index in [4.69, 9.17) is 4.98 Å². The van der Waals surface area contributed by atoms with Gasteiger partial charge in [-0.15, -0.1) is 11.3 Å². The van der Waals surface area contributed by atoms with Crippen molar-refractivity contribution in [1.82, 2.24) is 24.7 Å². The predicted molar refractivity (Wildman–Crippen MR) is 140 cm³/mol. The van der Waals surface area contributed by atoms with Crippen molar-refractivity contribution in [3.8, 4) is 0 Å². The van der Waals surface area contributed by atoms with Crippen molar-refractivity contribution in [2.75, 3.05) is 45.6 Å². The number of pyridine rings is 1. The average Bonchev–Trinajstić information content (AvgIpc) is 3.30. The molecule has 0 saturated carbocycles. The summed E-state index contributed by atoms with van der Waals surface area (Å²) in [5.74, 6) is 1.31. The number of carbonyl (C=O) groups is 2. The fourth-order valence-electron chi connectivity index (χ4n) is 5.04. The second kappa shape index (κ2) is 11.9. The Balaban J connectivity index is 1.34. The minimum atomic E-state index is -0.311. The summed E-state index contributed by atoms with van der Waals surface area (Å²) in [4.78, 5) is 42.4. The van der Waals surface area contributed by atoms with E-state index >= 15 is 0 Å². The highest BCUT2D eigenvalue weighted by Crippen LogP contribution is 2.30. The van der Waals surface area contributed by atoms with Gasteiger partial charge in [-0.05, 0) is 64.8 Å². The number of aromatic nitrogens is 2. The van der Waals surface area contributed by atoms with Crippen molar-refractivity contribution < 1.29 is 9.59 Å².